The van der Waals surface area contributed by atoms with Crippen LogP contribution in [0.4, 0.5) is 60.2 Å². The number of carbonyl (C=O) groups excluding carboxylic acids is 1. The van der Waals surface area contributed by atoms with Crippen LogP contribution in [0.2, 0.25) is 20.1 Å². The highest BCUT2D eigenvalue weighted by Gasteiger charge is 2.51. The number of alkyl halides is 3. The van der Waals surface area contributed by atoms with Gasteiger partial charge in [-0.25, -0.2) is 19.9 Å². The van der Waals surface area contributed by atoms with E-state index in [1.165, 1.54) is 38.5 Å². The Hall–Kier alpha value is -8.78. The molecule has 27 nitrogen and oxygen atoms in total. The van der Waals surface area contributed by atoms with Gasteiger partial charge >= 0.3 is 12.1 Å². The van der Waals surface area contributed by atoms with Crippen molar-refractivity contribution in [3.63, 3.8) is 0 Å². The van der Waals surface area contributed by atoms with Crippen LogP contribution in [0.5, 0.6) is 0 Å². The van der Waals surface area contributed by atoms with E-state index in [1.807, 2.05) is 106 Å². The fraction of sp³-hybridized carbons (Fsp3) is 0.583. The molecule has 0 bridgehead atoms. The highest BCUT2D eigenvalue weighted by molar-refractivity contribution is 9.10. The van der Waals surface area contributed by atoms with E-state index in [0.29, 0.717) is 98.8 Å². The molecular formula is C103H136BrCl4F3N22O5. The number of aryl methyl sites for hydroxylation is 5. The van der Waals surface area contributed by atoms with Crippen molar-refractivity contribution in [2.45, 2.75) is 183 Å². The lowest BCUT2D eigenvalue weighted by atomic mass is 9.65. The topological polar surface area (TPSA) is 299 Å². The van der Waals surface area contributed by atoms with Crippen molar-refractivity contribution < 1.29 is 38.1 Å². The number of hydrogen-bond donors (Lipinski definition) is 7. The predicted octanol–water partition coefficient (Wildman–Crippen LogP) is 18.9. The number of aliphatic hydroxyl groups is 2. The minimum atomic E-state index is -4.58. The zero-order valence-electron chi connectivity index (χ0n) is 81.2. The van der Waals surface area contributed by atoms with E-state index in [-0.39, 0.29) is 37.2 Å². The number of likely N-dealkylation sites (tertiary alicyclic amines) is 5. The molecule has 7 N–H and O–H groups in total. The number of nitrogens with one attached hydrogen (secondary N) is 4. The van der Waals surface area contributed by atoms with Crippen LogP contribution in [0, 0.1) is 98.7 Å². The van der Waals surface area contributed by atoms with Gasteiger partial charge in [0.05, 0.1) is 53.5 Å². The molecule has 744 valence electrons. The first-order chi connectivity index (χ1) is 66.1. The largest absolute Gasteiger partial charge is 0.481 e. The van der Waals surface area contributed by atoms with Gasteiger partial charge in [-0.05, 0) is 298 Å². The number of aromatic nitrogens is 8. The SMILES string of the molecule is Cc1ccc([C@@H](C)Nc2nc(N3CC([C@H]4CCCN(C5CC(C)(C(=O)O)C5)C4)C3)ncc2Br)c(Cl)c1.Cc1ccc([C@@H](C)Nc2nc(N3CC([C@H]4CCCN(CCN5CCCC5=O)C4)C3)ncc2C)c(Cl)c1.Cc1ccc([C@@H](C)Nc2nc(N3CC([C@H]4CCCN(CCO)C4)C3)ncc2C#N)c(Cl)c1.Cc1ccc([C@@H](C)Nc2nc(N3CC([C@H]4CCCN(CCO)C4)C3)ncc2C(F)(F)F)c(Cl)c1. The smallest absolute Gasteiger partial charge is 0.421 e. The van der Waals surface area contributed by atoms with E-state index in [0.717, 1.165) is 264 Å². The number of carboxylic acid groups (broad SMARTS) is 1. The van der Waals surface area contributed by atoms with Crippen LogP contribution in [0.3, 0.4) is 0 Å². The number of aliphatic carboxylic acids is 1. The lowest BCUT2D eigenvalue weighted by molar-refractivity contribution is -0.158. The van der Waals surface area contributed by atoms with Gasteiger partial charge in [0.2, 0.25) is 29.7 Å². The molecule has 35 heteroatoms. The minimum Gasteiger partial charge on any atom is -0.481 e. The zero-order chi connectivity index (χ0) is 98.0. The van der Waals surface area contributed by atoms with Crippen LogP contribution < -0.4 is 40.9 Å². The first-order valence-electron chi connectivity index (χ1n) is 49.5. The molecule has 8 aromatic rings. The van der Waals surface area contributed by atoms with Crippen molar-refractivity contribution >= 4 is 121 Å². The summed E-state index contributed by atoms with van der Waals surface area (Å²) in [6.07, 6.45) is 14.6. The first-order valence-corrected chi connectivity index (χ1v) is 51.8. The van der Waals surface area contributed by atoms with Crippen molar-refractivity contribution in [1.29, 1.82) is 5.26 Å². The van der Waals surface area contributed by atoms with Crippen molar-refractivity contribution in [1.82, 2.24) is 64.4 Å². The van der Waals surface area contributed by atoms with Gasteiger partial charge < -0.3 is 80.7 Å². The Balaban J connectivity index is 0.000000140. The van der Waals surface area contributed by atoms with Crippen molar-refractivity contribution in [3.05, 3.63) is 183 Å². The van der Waals surface area contributed by atoms with Gasteiger partial charge in [-0.1, -0.05) is 94.9 Å². The maximum Gasteiger partial charge on any atom is 0.421 e. The second-order valence-electron chi connectivity index (χ2n) is 40.6. The number of rotatable bonds is 29. The van der Waals surface area contributed by atoms with Crippen LogP contribution in [-0.2, 0) is 15.8 Å². The van der Waals surface area contributed by atoms with E-state index in [1.54, 1.807) is 19.2 Å². The fourth-order valence-corrected chi connectivity index (χ4v) is 23.5. The van der Waals surface area contributed by atoms with Crippen LogP contribution in [0.15, 0.2) is 102 Å². The first kappa shape index (κ1) is 104. The van der Waals surface area contributed by atoms with Gasteiger partial charge in [-0.3, -0.25) is 9.59 Å². The molecule has 138 heavy (non-hydrogen) atoms. The van der Waals surface area contributed by atoms with Crippen LogP contribution >= 0.6 is 62.3 Å². The highest BCUT2D eigenvalue weighted by atomic mass is 79.9. The monoisotopic (exact) mass is 2040 g/mol. The summed E-state index contributed by atoms with van der Waals surface area (Å²) in [4.78, 5) is 80.4. The second-order valence-corrected chi connectivity index (χ2v) is 43.1. The summed E-state index contributed by atoms with van der Waals surface area (Å²) in [5, 5.41) is 53.5. The molecule has 9 aliphatic heterocycles. The standard InChI is InChI=1S/C28H39ClN6O.C27H35BrClN5O2.C24H31ClF3N5O.C24H31ClN6O/c1-19-8-9-24(25(29)14-19)21(3)31-27-20(2)15-30-28(32-27)35-17-23(18-35)22-6-4-10-33(16-22)12-13-34-11-5-7-26(34)36;1-16-6-7-21(23(29)9-16)17(2)31-24-22(28)12-30-26(32-24)34-14-19(15-34)18-5-4-8-33(13-18)20-10-27(3,11-20)25(35)36;1-15-5-6-19(21(25)10-15)16(2)30-22-20(24(26,27)28)11-29-23(31-22)33-13-18(14-33)17-4-3-7-32(12-17)8-9-34;1-16-5-6-21(22(25)10-16)17(2)28-23-19(11-26)12-27-24(29-23)31-14-20(15-31)18-4-3-7-30(13-18)8-9-32/h8-9,14-15,21-23H,4-7,10-13,16-18H2,1-3H3,(H,30,31,32);6-7,9,12,17-20H,4-5,8,10-11,13-15H2,1-3H3,(H,35,36)(H,30,31,32);5-6,10-11,16-18,34H,3-4,7-9,12-14H2,1-2H3,(H,29,30,31);5-6,10,12,17-18,20,32H,3-4,7-9,13-15H2,1-2H3,(H,27,28,29)/t21-,22+;17-,18+,20?,27?;16-,17+;17-,18+/m1111/s1. The number of amides is 1. The van der Waals surface area contributed by atoms with Gasteiger partial charge in [0.1, 0.15) is 40.5 Å². The molecule has 10 aliphatic rings. The van der Waals surface area contributed by atoms with Crippen molar-refractivity contribution in [3.8, 4) is 6.07 Å². The Labute approximate surface area is 839 Å². The number of piperidine rings is 4. The van der Waals surface area contributed by atoms with Gasteiger partial charge in [0.25, 0.3) is 0 Å². The molecule has 1 amide bonds. The third kappa shape index (κ3) is 25.8. The van der Waals surface area contributed by atoms with Gasteiger partial charge in [-0.2, -0.15) is 38.4 Å². The van der Waals surface area contributed by atoms with Crippen LogP contribution in [-0.4, -0.2) is 248 Å². The molecule has 4 aromatic heterocycles. The molecule has 4 aromatic carbocycles. The molecule has 13 heterocycles. The third-order valence-electron chi connectivity index (χ3n) is 30.2. The van der Waals surface area contributed by atoms with E-state index in [9.17, 15) is 43.3 Å². The Kier molecular flexibility index (Phi) is 34.9. The van der Waals surface area contributed by atoms with Crippen molar-refractivity contribution in [2.75, 3.05) is 192 Å². The van der Waals surface area contributed by atoms with Crippen molar-refractivity contribution in [2.24, 2.45) is 52.8 Å². The highest BCUT2D eigenvalue weighted by Crippen LogP contribution is 2.48. The summed E-state index contributed by atoms with van der Waals surface area (Å²) < 4.78 is 41.9. The molecule has 0 spiro atoms. The predicted molar refractivity (Wildman–Crippen MR) is 547 cm³/mol. The Morgan fingerprint density at radius 3 is 1.24 bits per heavy atom. The van der Waals surface area contributed by atoms with Gasteiger partial charge in [0, 0.05) is 168 Å². The fourth-order valence-electron chi connectivity index (χ4n) is 21.6. The Morgan fingerprint density at radius 1 is 0.478 bits per heavy atom. The number of halogens is 8. The molecular weight excluding hydrogens is 1900 g/mol. The Morgan fingerprint density at radius 2 is 0.841 bits per heavy atom. The maximum atomic E-state index is 13.7. The number of carboxylic acids is 1. The molecule has 0 unspecified atom stereocenters. The normalized spacial score (nSPS) is 22.9. The number of benzene rings is 4. The molecule has 1 saturated carbocycles. The summed E-state index contributed by atoms with van der Waals surface area (Å²) in [5.74, 6) is 9.09. The number of nitrogens with zero attached hydrogens (tertiary/aromatic N) is 18. The second kappa shape index (κ2) is 46.5. The average Bonchev–Trinajstić information content (AvgIpc) is 0.815. The van der Waals surface area contributed by atoms with Crippen LogP contribution in [0.25, 0.3) is 0 Å². The average molecular weight is 2040 g/mol. The summed E-state index contributed by atoms with van der Waals surface area (Å²) in [5.41, 5.74) is 8.20. The number of nitriles is 1. The van der Waals surface area contributed by atoms with E-state index < -0.39 is 29.2 Å². The molecule has 0 radical (unpaired) electrons. The molecule has 18 rings (SSSR count). The number of carbonyl (C=O) groups is 2. The lowest BCUT2D eigenvalue weighted by Crippen LogP contribution is -2.58. The van der Waals surface area contributed by atoms with E-state index in [4.69, 9.17) is 61.4 Å². The van der Waals surface area contributed by atoms with Gasteiger partial charge in [0.15, 0.2) is 0 Å². The molecule has 9 saturated heterocycles. The quantitative estimate of drug-likeness (QED) is 0.0229. The summed E-state index contributed by atoms with van der Waals surface area (Å²) in [6.45, 7) is 40.5. The van der Waals surface area contributed by atoms with E-state index >= 15 is 0 Å². The lowest BCUT2D eigenvalue weighted by Gasteiger charge is -2.52. The third-order valence-corrected chi connectivity index (χ3v) is 32.1. The molecule has 1 aliphatic carbocycles. The Bertz CT molecular complexity index is 5540. The number of hydrogen-bond acceptors (Lipinski definition) is 25. The van der Waals surface area contributed by atoms with Crippen LogP contribution in [0.1, 0.15) is 197 Å². The summed E-state index contributed by atoms with van der Waals surface area (Å²) in [7, 11) is 0. The summed E-state index contributed by atoms with van der Waals surface area (Å²) >= 11 is 29.3. The number of aliphatic hydroxyl groups excluding tert-OH is 2. The maximum absolute atomic E-state index is 13.7. The number of β-amino-alcohol motifs (C(OH)–C–C–N with tert-alkyl or cyclic N) is 2. The van der Waals surface area contributed by atoms with Gasteiger partial charge in [-0.15, -0.1) is 0 Å². The van der Waals surface area contributed by atoms with E-state index in [2.05, 4.69) is 148 Å². The molecule has 8 atom stereocenters. The minimum absolute atomic E-state index is 0.00370. The number of anilines is 8. The molecule has 10 fully saturated rings. The summed E-state index contributed by atoms with van der Waals surface area (Å²) in [6, 6.07) is 25.9. The zero-order valence-corrected chi connectivity index (χ0v) is 85.8.